The van der Waals surface area contributed by atoms with Crippen LogP contribution < -0.4 is 5.14 Å². The van der Waals surface area contributed by atoms with Crippen LogP contribution in [0.1, 0.15) is 31.7 Å². The number of nitrogens with two attached hydrogens (primary N) is 1. The summed E-state index contributed by atoms with van der Waals surface area (Å²) in [5.41, 5.74) is 0.615. The maximum atomic E-state index is 11.1. The minimum Gasteiger partial charge on any atom is -0.508 e. The molecule has 0 heterocycles. The number of hydrogen-bond donors (Lipinski definition) is 2. The summed E-state index contributed by atoms with van der Waals surface area (Å²) in [6.07, 6.45) is 0.821. The van der Waals surface area contributed by atoms with Crippen LogP contribution in [0, 0.1) is 0 Å². The molecule has 0 amide bonds. The molecular weight excluding hydrogens is 214 g/mol. The Labute approximate surface area is 89.8 Å². The lowest BCUT2D eigenvalue weighted by Crippen LogP contribution is -2.12. The van der Waals surface area contributed by atoms with Crippen LogP contribution in [0.2, 0.25) is 0 Å². The van der Waals surface area contributed by atoms with Crippen molar-refractivity contribution in [3.63, 3.8) is 0 Å². The molecule has 4 nitrogen and oxygen atoms in total. The number of hydrogen-bond acceptors (Lipinski definition) is 3. The molecule has 5 heteroatoms. The van der Waals surface area contributed by atoms with E-state index in [0.29, 0.717) is 5.56 Å². The normalized spacial score (nSPS) is 13.8. The van der Waals surface area contributed by atoms with Gasteiger partial charge < -0.3 is 5.11 Å². The van der Waals surface area contributed by atoms with Crippen LogP contribution in [-0.2, 0) is 10.0 Å². The topological polar surface area (TPSA) is 80.4 Å². The van der Waals surface area contributed by atoms with Crippen molar-refractivity contribution in [1.29, 1.82) is 0 Å². The minimum absolute atomic E-state index is 0.0376. The van der Waals surface area contributed by atoms with Crippen LogP contribution >= 0.6 is 0 Å². The SMILES string of the molecule is CCC(C)c1cc(S(N)(=O)=O)ccc1O. The van der Waals surface area contributed by atoms with E-state index in [2.05, 4.69) is 0 Å². The fraction of sp³-hybridized carbons (Fsp3) is 0.400. The molecule has 1 rings (SSSR count). The number of primary sulfonamides is 1. The Kier molecular flexibility index (Phi) is 3.36. The zero-order valence-corrected chi connectivity index (χ0v) is 9.58. The largest absolute Gasteiger partial charge is 0.508 e. The Morgan fingerprint density at radius 1 is 1.47 bits per heavy atom. The molecule has 0 fully saturated rings. The molecule has 15 heavy (non-hydrogen) atoms. The van der Waals surface area contributed by atoms with E-state index in [-0.39, 0.29) is 16.6 Å². The molecule has 1 unspecified atom stereocenters. The predicted octanol–water partition coefficient (Wildman–Crippen LogP) is 1.55. The first-order chi connectivity index (χ1) is 6.86. The molecule has 0 spiro atoms. The van der Waals surface area contributed by atoms with Crippen LogP contribution in [0.25, 0.3) is 0 Å². The highest BCUT2D eigenvalue weighted by Gasteiger charge is 2.14. The summed E-state index contributed by atoms with van der Waals surface area (Å²) in [7, 11) is -3.69. The first kappa shape index (κ1) is 12.0. The average molecular weight is 229 g/mol. The second kappa shape index (κ2) is 4.20. The van der Waals surface area contributed by atoms with Gasteiger partial charge in [-0.25, -0.2) is 13.6 Å². The van der Waals surface area contributed by atoms with E-state index < -0.39 is 10.0 Å². The molecule has 1 atom stereocenters. The van der Waals surface area contributed by atoms with Crippen molar-refractivity contribution in [3.8, 4) is 5.75 Å². The van der Waals surface area contributed by atoms with Gasteiger partial charge >= 0.3 is 0 Å². The van der Waals surface area contributed by atoms with Gasteiger partial charge in [-0.05, 0) is 36.1 Å². The van der Waals surface area contributed by atoms with Crippen molar-refractivity contribution < 1.29 is 13.5 Å². The minimum atomic E-state index is -3.69. The number of aromatic hydroxyl groups is 1. The van der Waals surface area contributed by atoms with Gasteiger partial charge in [0.05, 0.1) is 4.90 Å². The molecule has 0 saturated heterocycles. The molecule has 3 N–H and O–H groups in total. The Morgan fingerprint density at radius 2 is 2.07 bits per heavy atom. The lowest BCUT2D eigenvalue weighted by molar-refractivity contribution is 0.461. The zero-order chi connectivity index (χ0) is 11.6. The summed E-state index contributed by atoms with van der Waals surface area (Å²) < 4.78 is 22.2. The predicted molar refractivity (Wildman–Crippen MR) is 58.2 cm³/mol. The quantitative estimate of drug-likeness (QED) is 0.825. The van der Waals surface area contributed by atoms with Crippen molar-refractivity contribution >= 4 is 10.0 Å². The molecular formula is C10H15NO3S. The first-order valence-corrected chi connectivity index (χ1v) is 6.26. The molecule has 1 aromatic rings. The first-order valence-electron chi connectivity index (χ1n) is 4.72. The number of sulfonamides is 1. The highest BCUT2D eigenvalue weighted by Crippen LogP contribution is 2.29. The van der Waals surface area contributed by atoms with E-state index in [1.807, 2.05) is 13.8 Å². The molecule has 0 bridgehead atoms. The number of rotatable bonds is 3. The Hall–Kier alpha value is -1.07. The summed E-state index contributed by atoms with van der Waals surface area (Å²) in [6, 6.07) is 4.09. The van der Waals surface area contributed by atoms with Crippen molar-refractivity contribution in [1.82, 2.24) is 0 Å². The van der Waals surface area contributed by atoms with E-state index in [4.69, 9.17) is 5.14 Å². The van der Waals surface area contributed by atoms with E-state index in [1.165, 1.54) is 18.2 Å². The average Bonchev–Trinajstić information content (AvgIpc) is 2.15. The van der Waals surface area contributed by atoms with Gasteiger partial charge in [0.15, 0.2) is 0 Å². The van der Waals surface area contributed by atoms with Gasteiger partial charge in [0.25, 0.3) is 0 Å². The molecule has 0 aliphatic carbocycles. The highest BCUT2D eigenvalue weighted by molar-refractivity contribution is 7.89. The summed E-state index contributed by atoms with van der Waals surface area (Å²) in [5, 5.41) is 14.6. The van der Waals surface area contributed by atoms with Crippen molar-refractivity contribution in [2.75, 3.05) is 0 Å². The highest BCUT2D eigenvalue weighted by atomic mass is 32.2. The van der Waals surface area contributed by atoms with Gasteiger partial charge in [0.2, 0.25) is 10.0 Å². The summed E-state index contributed by atoms with van der Waals surface area (Å²) in [4.78, 5) is 0.0376. The van der Waals surface area contributed by atoms with Crippen molar-refractivity contribution in [2.24, 2.45) is 5.14 Å². The fourth-order valence-corrected chi connectivity index (χ4v) is 1.87. The number of phenols is 1. The molecule has 84 valence electrons. The monoisotopic (exact) mass is 229 g/mol. The Bertz CT molecular complexity index is 454. The second-order valence-corrected chi connectivity index (χ2v) is 5.14. The third-order valence-corrected chi connectivity index (χ3v) is 3.38. The second-order valence-electron chi connectivity index (χ2n) is 3.57. The molecule has 1 aromatic carbocycles. The molecule has 0 aromatic heterocycles. The van der Waals surface area contributed by atoms with Crippen LogP contribution in [-0.4, -0.2) is 13.5 Å². The fourth-order valence-electron chi connectivity index (χ4n) is 1.32. The van der Waals surface area contributed by atoms with Gasteiger partial charge in [0.1, 0.15) is 5.75 Å². The summed E-state index contributed by atoms with van der Waals surface area (Å²) in [6.45, 7) is 3.88. The summed E-state index contributed by atoms with van der Waals surface area (Å²) >= 11 is 0. The van der Waals surface area contributed by atoms with E-state index >= 15 is 0 Å². The van der Waals surface area contributed by atoms with Crippen molar-refractivity contribution in [2.45, 2.75) is 31.1 Å². The smallest absolute Gasteiger partial charge is 0.238 e. The van der Waals surface area contributed by atoms with Gasteiger partial charge in [-0.15, -0.1) is 0 Å². The maximum absolute atomic E-state index is 11.1. The molecule has 0 aliphatic rings. The summed E-state index contributed by atoms with van der Waals surface area (Å²) in [5.74, 6) is 0.212. The molecule has 0 radical (unpaired) electrons. The van der Waals surface area contributed by atoms with Gasteiger partial charge in [-0.1, -0.05) is 13.8 Å². The van der Waals surface area contributed by atoms with Gasteiger partial charge in [-0.2, -0.15) is 0 Å². The Morgan fingerprint density at radius 3 is 2.53 bits per heavy atom. The zero-order valence-electron chi connectivity index (χ0n) is 8.77. The van der Waals surface area contributed by atoms with Crippen LogP contribution in [0.5, 0.6) is 5.75 Å². The number of phenolic OH excluding ortho intramolecular Hbond substituents is 1. The van der Waals surface area contributed by atoms with Gasteiger partial charge in [-0.3, -0.25) is 0 Å². The molecule has 0 saturated carbocycles. The van der Waals surface area contributed by atoms with Crippen LogP contribution in [0.4, 0.5) is 0 Å². The Balaban J connectivity index is 3.29. The lowest BCUT2D eigenvalue weighted by Gasteiger charge is -2.12. The number of benzene rings is 1. The third-order valence-electron chi connectivity index (χ3n) is 2.47. The standard InChI is InChI=1S/C10H15NO3S/c1-3-7(2)9-6-8(15(11,13)14)4-5-10(9)12/h4-7,12H,3H2,1-2H3,(H2,11,13,14). The lowest BCUT2D eigenvalue weighted by atomic mass is 9.98. The molecule has 0 aliphatic heterocycles. The van der Waals surface area contributed by atoms with Crippen LogP contribution in [0.15, 0.2) is 23.1 Å². The van der Waals surface area contributed by atoms with E-state index in [1.54, 1.807) is 0 Å². The van der Waals surface area contributed by atoms with Gasteiger partial charge in [0, 0.05) is 0 Å². The van der Waals surface area contributed by atoms with E-state index in [9.17, 15) is 13.5 Å². The van der Waals surface area contributed by atoms with E-state index in [0.717, 1.165) is 6.42 Å². The van der Waals surface area contributed by atoms with Crippen LogP contribution in [0.3, 0.4) is 0 Å². The maximum Gasteiger partial charge on any atom is 0.238 e. The third kappa shape index (κ3) is 2.70. The van der Waals surface area contributed by atoms with Crippen molar-refractivity contribution in [3.05, 3.63) is 23.8 Å².